The second-order valence-electron chi connectivity index (χ2n) is 8.34. The smallest absolute Gasteiger partial charge is 0.296 e. The number of pyridine rings is 2. The molecule has 0 radical (unpaired) electrons. The number of aliphatic hydroxyl groups excluding tert-OH is 1. The Labute approximate surface area is 198 Å². The van der Waals surface area contributed by atoms with Gasteiger partial charge in [0.25, 0.3) is 11.7 Å². The molecule has 1 N–H and O–H groups in total. The standard InChI is InChI=1S/C27H27N3O4/c1-4-34-22-12-11-18(15-20(22)17(2)3)25(31)23-24(21-10-6-8-14-29-21)30(27(33)26(23)32)16-19-9-5-7-13-28-19/h5-15,17,24,31H,4,16H2,1-3H3/b25-23-. The first-order valence-corrected chi connectivity index (χ1v) is 11.3. The minimum Gasteiger partial charge on any atom is -0.507 e. The van der Waals surface area contributed by atoms with Crippen molar-refractivity contribution in [3.05, 3.63) is 95.1 Å². The molecule has 0 saturated carbocycles. The van der Waals surface area contributed by atoms with Gasteiger partial charge in [-0.05, 0) is 60.9 Å². The molecule has 34 heavy (non-hydrogen) atoms. The minimum absolute atomic E-state index is 0.0125. The van der Waals surface area contributed by atoms with E-state index in [0.717, 1.165) is 11.3 Å². The van der Waals surface area contributed by atoms with Crippen LogP contribution in [0.15, 0.2) is 72.6 Å². The number of aliphatic hydroxyl groups is 1. The molecule has 0 aliphatic carbocycles. The van der Waals surface area contributed by atoms with E-state index in [0.29, 0.717) is 23.6 Å². The minimum atomic E-state index is -0.836. The Hall–Kier alpha value is -4.00. The zero-order valence-electron chi connectivity index (χ0n) is 19.4. The van der Waals surface area contributed by atoms with E-state index in [2.05, 4.69) is 9.97 Å². The molecule has 4 rings (SSSR count). The lowest BCUT2D eigenvalue weighted by atomic mass is 9.94. The van der Waals surface area contributed by atoms with Crippen molar-refractivity contribution < 1.29 is 19.4 Å². The second-order valence-corrected chi connectivity index (χ2v) is 8.34. The van der Waals surface area contributed by atoms with E-state index in [1.165, 1.54) is 4.90 Å². The number of benzene rings is 1. The van der Waals surface area contributed by atoms with E-state index in [1.54, 1.807) is 54.9 Å². The molecule has 1 amide bonds. The molecule has 1 aromatic carbocycles. The number of likely N-dealkylation sites (tertiary alicyclic amines) is 1. The van der Waals surface area contributed by atoms with Crippen LogP contribution in [0.1, 0.15) is 55.2 Å². The monoisotopic (exact) mass is 457 g/mol. The first-order valence-electron chi connectivity index (χ1n) is 11.3. The number of carbonyl (C=O) groups is 2. The zero-order valence-corrected chi connectivity index (χ0v) is 19.4. The summed E-state index contributed by atoms with van der Waals surface area (Å²) in [6.07, 6.45) is 3.24. The number of hydrogen-bond donors (Lipinski definition) is 1. The first kappa shape index (κ1) is 23.2. The lowest BCUT2D eigenvalue weighted by Gasteiger charge is -2.24. The van der Waals surface area contributed by atoms with Crippen LogP contribution in [0.3, 0.4) is 0 Å². The molecular weight excluding hydrogens is 430 g/mol. The third-order valence-corrected chi connectivity index (χ3v) is 5.77. The summed E-state index contributed by atoms with van der Waals surface area (Å²) in [4.78, 5) is 36.4. The Balaban J connectivity index is 1.85. The Morgan fingerprint density at radius 3 is 2.41 bits per heavy atom. The third-order valence-electron chi connectivity index (χ3n) is 5.77. The van der Waals surface area contributed by atoms with Gasteiger partial charge in [-0.2, -0.15) is 0 Å². The van der Waals surface area contributed by atoms with Crippen molar-refractivity contribution in [2.24, 2.45) is 0 Å². The molecular formula is C27H27N3O4. The third kappa shape index (κ3) is 4.41. The molecule has 7 heteroatoms. The van der Waals surface area contributed by atoms with Crippen molar-refractivity contribution in [2.75, 3.05) is 6.61 Å². The van der Waals surface area contributed by atoms with E-state index in [-0.39, 0.29) is 23.8 Å². The van der Waals surface area contributed by atoms with Gasteiger partial charge in [0.05, 0.1) is 30.1 Å². The SMILES string of the molecule is CCOc1ccc(/C(O)=C2/C(=O)C(=O)N(Cc3ccccn3)C2c2ccccn2)cc1C(C)C. The molecule has 1 aliphatic rings. The van der Waals surface area contributed by atoms with Gasteiger partial charge >= 0.3 is 0 Å². The number of ketones is 1. The maximum absolute atomic E-state index is 13.2. The highest BCUT2D eigenvalue weighted by Crippen LogP contribution is 2.40. The number of rotatable bonds is 7. The average Bonchev–Trinajstić information content (AvgIpc) is 3.10. The van der Waals surface area contributed by atoms with Gasteiger partial charge in [0.15, 0.2) is 0 Å². The predicted octanol–water partition coefficient (Wildman–Crippen LogP) is 4.62. The Morgan fingerprint density at radius 2 is 1.79 bits per heavy atom. The van der Waals surface area contributed by atoms with Crippen LogP contribution in [0, 0.1) is 0 Å². The Morgan fingerprint density at radius 1 is 1.06 bits per heavy atom. The van der Waals surface area contributed by atoms with Gasteiger partial charge in [-0.3, -0.25) is 19.6 Å². The van der Waals surface area contributed by atoms with Crippen LogP contribution in [0.25, 0.3) is 5.76 Å². The molecule has 0 spiro atoms. The van der Waals surface area contributed by atoms with E-state index < -0.39 is 17.7 Å². The van der Waals surface area contributed by atoms with Crippen LogP contribution < -0.4 is 4.74 Å². The molecule has 0 bridgehead atoms. The van der Waals surface area contributed by atoms with E-state index in [9.17, 15) is 14.7 Å². The normalized spacial score (nSPS) is 17.4. The number of nitrogens with zero attached hydrogens (tertiary/aromatic N) is 3. The quantitative estimate of drug-likeness (QED) is 0.316. The lowest BCUT2D eigenvalue weighted by molar-refractivity contribution is -0.140. The van der Waals surface area contributed by atoms with Gasteiger partial charge in [0, 0.05) is 18.0 Å². The summed E-state index contributed by atoms with van der Waals surface area (Å²) in [6.45, 7) is 6.60. The van der Waals surface area contributed by atoms with Gasteiger partial charge < -0.3 is 14.7 Å². The van der Waals surface area contributed by atoms with Crippen LogP contribution in [0.2, 0.25) is 0 Å². The average molecular weight is 458 g/mol. The fourth-order valence-corrected chi connectivity index (χ4v) is 4.14. The lowest BCUT2D eigenvalue weighted by Crippen LogP contribution is -2.29. The van der Waals surface area contributed by atoms with Crippen molar-refractivity contribution in [3.8, 4) is 5.75 Å². The Bertz CT molecular complexity index is 1220. The molecule has 174 valence electrons. The highest BCUT2D eigenvalue weighted by molar-refractivity contribution is 6.46. The van der Waals surface area contributed by atoms with Gasteiger partial charge in [-0.25, -0.2) is 0 Å². The number of amides is 1. The summed E-state index contributed by atoms with van der Waals surface area (Å²) in [5.41, 5.74) is 2.49. The molecule has 2 aromatic heterocycles. The summed E-state index contributed by atoms with van der Waals surface area (Å²) in [7, 11) is 0. The number of carbonyl (C=O) groups excluding carboxylic acids is 2. The zero-order chi connectivity index (χ0) is 24.2. The van der Waals surface area contributed by atoms with Crippen molar-refractivity contribution in [2.45, 2.75) is 39.3 Å². The molecule has 1 saturated heterocycles. The van der Waals surface area contributed by atoms with Crippen molar-refractivity contribution in [1.82, 2.24) is 14.9 Å². The fraction of sp³-hybridized carbons (Fsp3) is 0.259. The van der Waals surface area contributed by atoms with Crippen LogP contribution in [-0.4, -0.2) is 38.3 Å². The fourth-order valence-electron chi connectivity index (χ4n) is 4.14. The molecule has 1 fully saturated rings. The summed E-state index contributed by atoms with van der Waals surface area (Å²) in [6, 6.07) is 15.1. The van der Waals surface area contributed by atoms with Gasteiger partial charge in [0.2, 0.25) is 0 Å². The highest BCUT2D eigenvalue weighted by atomic mass is 16.5. The Kier molecular flexibility index (Phi) is 6.72. The number of aromatic nitrogens is 2. The van der Waals surface area contributed by atoms with Crippen molar-refractivity contribution in [1.29, 1.82) is 0 Å². The molecule has 1 atom stereocenters. The maximum Gasteiger partial charge on any atom is 0.296 e. The maximum atomic E-state index is 13.2. The first-order chi connectivity index (χ1) is 16.4. The largest absolute Gasteiger partial charge is 0.507 e. The second kappa shape index (κ2) is 9.87. The molecule has 7 nitrogen and oxygen atoms in total. The molecule has 3 heterocycles. The van der Waals surface area contributed by atoms with E-state index in [4.69, 9.17) is 4.74 Å². The summed E-state index contributed by atoms with van der Waals surface area (Å²) >= 11 is 0. The van der Waals surface area contributed by atoms with E-state index >= 15 is 0 Å². The van der Waals surface area contributed by atoms with Crippen molar-refractivity contribution >= 4 is 17.4 Å². The topological polar surface area (TPSA) is 92.6 Å². The number of hydrogen-bond acceptors (Lipinski definition) is 6. The summed E-state index contributed by atoms with van der Waals surface area (Å²) < 4.78 is 5.73. The van der Waals surface area contributed by atoms with Gasteiger partial charge in [-0.1, -0.05) is 26.0 Å². The van der Waals surface area contributed by atoms with E-state index in [1.807, 2.05) is 32.9 Å². The molecule has 1 unspecified atom stereocenters. The highest BCUT2D eigenvalue weighted by Gasteiger charge is 2.46. The molecule has 1 aliphatic heterocycles. The van der Waals surface area contributed by atoms with Crippen LogP contribution in [-0.2, 0) is 16.1 Å². The summed E-state index contributed by atoms with van der Waals surface area (Å²) in [5, 5.41) is 11.3. The van der Waals surface area contributed by atoms with Crippen LogP contribution >= 0.6 is 0 Å². The summed E-state index contributed by atoms with van der Waals surface area (Å²) in [5.74, 6) is -0.817. The van der Waals surface area contributed by atoms with Gasteiger partial charge in [0.1, 0.15) is 17.6 Å². The van der Waals surface area contributed by atoms with Crippen LogP contribution in [0.4, 0.5) is 0 Å². The van der Waals surface area contributed by atoms with Gasteiger partial charge in [-0.15, -0.1) is 0 Å². The van der Waals surface area contributed by atoms with Crippen LogP contribution in [0.5, 0.6) is 5.75 Å². The van der Waals surface area contributed by atoms with Crippen molar-refractivity contribution in [3.63, 3.8) is 0 Å². The number of ether oxygens (including phenoxy) is 1. The number of Topliss-reactive ketones (excluding diaryl/α,β-unsaturated/α-hetero) is 1. The predicted molar refractivity (Wildman–Crippen MR) is 128 cm³/mol. The molecule has 3 aromatic rings.